The summed E-state index contributed by atoms with van der Waals surface area (Å²) in [6.07, 6.45) is 3.82. The summed E-state index contributed by atoms with van der Waals surface area (Å²) in [5.74, 6) is 0. The second-order valence-corrected chi connectivity index (χ2v) is 4.71. The molecule has 1 unspecified atom stereocenters. The molecule has 0 saturated carbocycles. The van der Waals surface area contributed by atoms with Crippen LogP contribution in [0.4, 0.5) is 0 Å². The third kappa shape index (κ3) is 3.72. The van der Waals surface area contributed by atoms with Gasteiger partial charge in [0.25, 0.3) is 0 Å². The van der Waals surface area contributed by atoms with Gasteiger partial charge in [0.05, 0.1) is 0 Å². The molecule has 0 radical (unpaired) electrons. The van der Waals surface area contributed by atoms with E-state index in [0.29, 0.717) is 0 Å². The highest BCUT2D eigenvalue weighted by Crippen LogP contribution is 2.22. The monoisotopic (exact) mass is 278 g/mol. The molecule has 0 bridgehead atoms. The molecule has 13 heavy (non-hydrogen) atoms. The number of rotatable bonds is 2. The minimum Gasteiger partial charge on any atom is -0.119 e. The summed E-state index contributed by atoms with van der Waals surface area (Å²) in [6, 6.07) is 5.71. The molecule has 0 saturated heterocycles. The first kappa shape index (κ1) is 11.1. The van der Waals surface area contributed by atoms with Crippen molar-refractivity contribution >= 4 is 45.2 Å². The Kier molecular flexibility index (Phi) is 4.30. The number of benzene rings is 1. The van der Waals surface area contributed by atoms with Crippen LogP contribution < -0.4 is 0 Å². The van der Waals surface area contributed by atoms with Crippen molar-refractivity contribution in [1.82, 2.24) is 0 Å². The number of alkyl halides is 1. The second-order valence-electron chi connectivity index (χ2n) is 2.70. The molecule has 0 heterocycles. The van der Waals surface area contributed by atoms with Gasteiger partial charge in [-0.25, -0.2) is 0 Å². The van der Waals surface area contributed by atoms with Crippen molar-refractivity contribution in [3.8, 4) is 0 Å². The van der Waals surface area contributed by atoms with E-state index in [4.69, 9.17) is 23.2 Å². The van der Waals surface area contributed by atoms with Crippen LogP contribution in [0, 0.1) is 0 Å². The van der Waals surface area contributed by atoms with Gasteiger partial charge in [-0.05, 0) is 30.7 Å². The molecule has 0 aliphatic rings. The molecule has 0 aliphatic carbocycles. The molecule has 1 aromatic rings. The van der Waals surface area contributed by atoms with E-state index in [0.717, 1.165) is 15.1 Å². The van der Waals surface area contributed by atoms with E-state index in [9.17, 15) is 0 Å². The van der Waals surface area contributed by atoms with Crippen LogP contribution >= 0.6 is 39.1 Å². The van der Waals surface area contributed by atoms with Crippen molar-refractivity contribution in [2.75, 3.05) is 0 Å². The molecule has 0 N–H and O–H groups in total. The fraction of sp³-hybridized carbons (Fsp3) is 0.200. The Labute approximate surface area is 96.7 Å². The highest BCUT2D eigenvalue weighted by atomic mass is 79.9. The maximum Gasteiger partial charge on any atom is 0.0491 e. The quantitative estimate of drug-likeness (QED) is 0.686. The minimum atomic E-state index is 0.0232. The minimum absolute atomic E-state index is 0.0232. The molecule has 70 valence electrons. The summed E-state index contributed by atoms with van der Waals surface area (Å²) < 4.78 is 1.01. The Hall–Kier alpha value is 0.0200. The Morgan fingerprint density at radius 2 is 2.15 bits per heavy atom. The standard InChI is InChI=1S/C10H9BrCl2/c1-7(12)2-3-8-6-9(11)4-5-10(8)13/h2-7H,1H3/b3-2+. The molecule has 0 aliphatic heterocycles. The van der Waals surface area contributed by atoms with Crippen LogP contribution in [0.3, 0.4) is 0 Å². The van der Waals surface area contributed by atoms with Gasteiger partial charge in [0.1, 0.15) is 0 Å². The molecular formula is C10H9BrCl2. The second kappa shape index (κ2) is 5.04. The van der Waals surface area contributed by atoms with E-state index in [1.54, 1.807) is 0 Å². The Balaban J connectivity index is 2.93. The first-order valence-electron chi connectivity index (χ1n) is 3.87. The zero-order valence-electron chi connectivity index (χ0n) is 7.10. The van der Waals surface area contributed by atoms with Gasteiger partial charge in [0, 0.05) is 14.9 Å². The SMILES string of the molecule is CC(Cl)/C=C/c1cc(Br)ccc1Cl. The normalized spacial score (nSPS) is 13.5. The average molecular weight is 280 g/mol. The highest BCUT2D eigenvalue weighted by Gasteiger charge is 1.97. The van der Waals surface area contributed by atoms with Crippen LogP contribution in [0.1, 0.15) is 12.5 Å². The van der Waals surface area contributed by atoms with Crippen molar-refractivity contribution in [3.05, 3.63) is 39.3 Å². The van der Waals surface area contributed by atoms with Crippen molar-refractivity contribution in [2.45, 2.75) is 12.3 Å². The molecule has 1 atom stereocenters. The molecule has 0 nitrogen and oxygen atoms in total. The van der Waals surface area contributed by atoms with E-state index in [2.05, 4.69) is 15.9 Å². The molecule has 0 amide bonds. The fourth-order valence-corrected chi connectivity index (χ4v) is 1.51. The predicted octanol–water partition coefficient (Wildman–Crippen LogP) is 4.74. The first-order chi connectivity index (χ1) is 6.09. The summed E-state index contributed by atoms with van der Waals surface area (Å²) in [4.78, 5) is 0. The van der Waals surface area contributed by atoms with Gasteiger partial charge in [0.2, 0.25) is 0 Å². The van der Waals surface area contributed by atoms with Gasteiger partial charge in [-0.2, -0.15) is 0 Å². The zero-order chi connectivity index (χ0) is 9.84. The summed E-state index contributed by atoms with van der Waals surface area (Å²) in [7, 11) is 0. The van der Waals surface area contributed by atoms with Crippen molar-refractivity contribution in [1.29, 1.82) is 0 Å². The lowest BCUT2D eigenvalue weighted by Crippen LogP contribution is -1.82. The summed E-state index contributed by atoms with van der Waals surface area (Å²) >= 11 is 15.1. The smallest absolute Gasteiger partial charge is 0.0491 e. The van der Waals surface area contributed by atoms with Gasteiger partial charge >= 0.3 is 0 Å². The first-order valence-corrected chi connectivity index (χ1v) is 5.47. The van der Waals surface area contributed by atoms with Crippen molar-refractivity contribution in [2.24, 2.45) is 0 Å². The maximum atomic E-state index is 5.96. The number of allylic oxidation sites excluding steroid dienone is 1. The summed E-state index contributed by atoms with van der Waals surface area (Å²) in [5, 5.41) is 0.756. The summed E-state index contributed by atoms with van der Waals surface area (Å²) in [5.41, 5.74) is 0.976. The van der Waals surface area contributed by atoms with Crippen LogP contribution in [0.5, 0.6) is 0 Å². The molecular weight excluding hydrogens is 271 g/mol. The van der Waals surface area contributed by atoms with Crippen LogP contribution in [0.25, 0.3) is 6.08 Å². The van der Waals surface area contributed by atoms with E-state index < -0.39 is 0 Å². The summed E-state index contributed by atoms with van der Waals surface area (Å²) in [6.45, 7) is 1.91. The zero-order valence-corrected chi connectivity index (χ0v) is 10.2. The van der Waals surface area contributed by atoms with Gasteiger partial charge in [-0.1, -0.05) is 39.7 Å². The van der Waals surface area contributed by atoms with Gasteiger partial charge < -0.3 is 0 Å². The van der Waals surface area contributed by atoms with E-state index >= 15 is 0 Å². The van der Waals surface area contributed by atoms with Gasteiger partial charge in [-0.15, -0.1) is 11.6 Å². The van der Waals surface area contributed by atoms with E-state index in [1.165, 1.54) is 0 Å². The predicted molar refractivity (Wildman–Crippen MR) is 63.5 cm³/mol. The van der Waals surface area contributed by atoms with Gasteiger partial charge in [-0.3, -0.25) is 0 Å². The number of halogens is 3. The molecule has 3 heteroatoms. The van der Waals surface area contributed by atoms with Crippen molar-refractivity contribution in [3.63, 3.8) is 0 Å². The van der Waals surface area contributed by atoms with E-state index in [1.807, 2.05) is 37.3 Å². The third-order valence-electron chi connectivity index (χ3n) is 1.50. The molecule has 0 fully saturated rings. The van der Waals surface area contributed by atoms with Crippen molar-refractivity contribution < 1.29 is 0 Å². The Bertz CT molecular complexity index is 319. The average Bonchev–Trinajstić information content (AvgIpc) is 2.06. The van der Waals surface area contributed by atoms with E-state index in [-0.39, 0.29) is 5.38 Å². The largest absolute Gasteiger partial charge is 0.119 e. The Morgan fingerprint density at radius 3 is 2.77 bits per heavy atom. The van der Waals surface area contributed by atoms with Crippen LogP contribution in [-0.2, 0) is 0 Å². The lowest BCUT2D eigenvalue weighted by atomic mass is 10.2. The lowest BCUT2D eigenvalue weighted by Gasteiger charge is -1.99. The number of hydrogen-bond acceptors (Lipinski definition) is 0. The van der Waals surface area contributed by atoms with Crippen LogP contribution in [0.2, 0.25) is 5.02 Å². The molecule has 0 spiro atoms. The fourth-order valence-electron chi connectivity index (χ4n) is 0.879. The highest BCUT2D eigenvalue weighted by molar-refractivity contribution is 9.10. The maximum absolute atomic E-state index is 5.96. The molecule has 1 rings (SSSR count). The topological polar surface area (TPSA) is 0 Å². The van der Waals surface area contributed by atoms with Crippen LogP contribution in [-0.4, -0.2) is 5.38 Å². The van der Waals surface area contributed by atoms with Gasteiger partial charge in [0.15, 0.2) is 0 Å². The lowest BCUT2D eigenvalue weighted by molar-refractivity contribution is 1.24. The molecule has 1 aromatic carbocycles. The Morgan fingerprint density at radius 1 is 1.46 bits per heavy atom. The third-order valence-corrected chi connectivity index (χ3v) is 2.48. The molecule has 0 aromatic heterocycles. The number of hydrogen-bond donors (Lipinski definition) is 0. The van der Waals surface area contributed by atoms with Crippen LogP contribution in [0.15, 0.2) is 28.7 Å².